The number of hydrogen-bond donors (Lipinski definition) is 1. The minimum atomic E-state index is -0.217. The monoisotopic (exact) mass is 327 g/mol. The molecule has 2 rings (SSSR count). The molecular weight excluding hydrogens is 309 g/mol. The van der Waals surface area contributed by atoms with E-state index in [9.17, 15) is 4.39 Å². The molecule has 0 spiro atoms. The van der Waals surface area contributed by atoms with Gasteiger partial charge >= 0.3 is 0 Å². The fourth-order valence-electron chi connectivity index (χ4n) is 2.10. The summed E-state index contributed by atoms with van der Waals surface area (Å²) in [6.45, 7) is 4.15. The van der Waals surface area contributed by atoms with E-state index in [1.165, 1.54) is 12.1 Å². The van der Waals surface area contributed by atoms with Gasteiger partial charge in [-0.2, -0.15) is 5.10 Å². The number of hydrogen-bond acceptors (Lipinski definition) is 3. The lowest BCUT2D eigenvalue weighted by molar-refractivity contribution is 0.477. The van der Waals surface area contributed by atoms with Crippen LogP contribution >= 0.6 is 23.4 Å². The van der Waals surface area contributed by atoms with E-state index in [2.05, 4.69) is 24.3 Å². The van der Waals surface area contributed by atoms with Gasteiger partial charge < -0.3 is 5.32 Å². The van der Waals surface area contributed by atoms with Crippen molar-refractivity contribution in [2.45, 2.75) is 30.8 Å². The molecule has 0 aliphatic carbocycles. The Bertz CT molecular complexity index is 583. The van der Waals surface area contributed by atoms with Gasteiger partial charge in [0.25, 0.3) is 0 Å². The Balaban J connectivity index is 2.13. The summed E-state index contributed by atoms with van der Waals surface area (Å²) in [5.41, 5.74) is 0.990. The van der Waals surface area contributed by atoms with Gasteiger partial charge in [-0.15, -0.1) is 11.8 Å². The summed E-state index contributed by atoms with van der Waals surface area (Å²) in [5, 5.41) is 8.29. The highest BCUT2D eigenvalue weighted by Gasteiger charge is 2.20. The van der Waals surface area contributed by atoms with E-state index in [0.29, 0.717) is 5.02 Å². The highest BCUT2D eigenvalue weighted by Crippen LogP contribution is 2.30. The third kappa shape index (κ3) is 3.99. The second-order valence-electron chi connectivity index (χ2n) is 5.02. The number of halogens is 2. The van der Waals surface area contributed by atoms with Gasteiger partial charge in [-0.05, 0) is 45.2 Å². The first-order chi connectivity index (χ1) is 10.0. The van der Waals surface area contributed by atoms with Gasteiger partial charge in [0.1, 0.15) is 5.82 Å². The predicted molar refractivity (Wildman–Crippen MR) is 86.5 cm³/mol. The molecule has 0 bridgehead atoms. The quantitative estimate of drug-likeness (QED) is 0.802. The summed E-state index contributed by atoms with van der Waals surface area (Å²) in [7, 11) is 1.91. The lowest BCUT2D eigenvalue weighted by Crippen LogP contribution is -2.23. The van der Waals surface area contributed by atoms with Crippen molar-refractivity contribution in [3.63, 3.8) is 0 Å². The third-order valence-electron chi connectivity index (χ3n) is 3.18. The molecular formula is C15H19ClFN3S. The van der Waals surface area contributed by atoms with Crippen LogP contribution in [-0.2, 0) is 0 Å². The molecule has 21 heavy (non-hydrogen) atoms. The first-order valence-electron chi connectivity index (χ1n) is 6.81. The van der Waals surface area contributed by atoms with Crippen LogP contribution in [0.3, 0.4) is 0 Å². The number of aromatic nitrogens is 2. The van der Waals surface area contributed by atoms with Crippen LogP contribution in [0.25, 0.3) is 0 Å². The van der Waals surface area contributed by atoms with Gasteiger partial charge in [-0.25, -0.2) is 4.39 Å². The minimum Gasteiger partial charge on any atom is -0.311 e. The molecule has 0 amide bonds. The molecule has 1 heterocycles. The third-order valence-corrected chi connectivity index (χ3v) is 4.58. The van der Waals surface area contributed by atoms with Gasteiger partial charge in [0.2, 0.25) is 0 Å². The van der Waals surface area contributed by atoms with E-state index >= 15 is 0 Å². The Morgan fingerprint density at radius 1 is 1.33 bits per heavy atom. The molecule has 1 atom stereocenters. The Labute approximate surface area is 133 Å². The summed E-state index contributed by atoms with van der Waals surface area (Å²) < 4.78 is 14.9. The zero-order chi connectivity index (χ0) is 15.4. The average Bonchev–Trinajstić information content (AvgIpc) is 2.84. The van der Waals surface area contributed by atoms with Crippen molar-refractivity contribution >= 4 is 23.4 Å². The smallest absolute Gasteiger partial charge is 0.123 e. The van der Waals surface area contributed by atoms with Crippen LogP contribution < -0.4 is 5.32 Å². The van der Waals surface area contributed by atoms with Crippen molar-refractivity contribution in [2.24, 2.45) is 0 Å². The molecule has 0 saturated heterocycles. The van der Waals surface area contributed by atoms with Crippen LogP contribution in [0.4, 0.5) is 4.39 Å². The van der Waals surface area contributed by atoms with Gasteiger partial charge in [0.15, 0.2) is 0 Å². The molecule has 0 saturated carbocycles. The summed E-state index contributed by atoms with van der Waals surface area (Å²) in [6, 6.07) is 6.85. The van der Waals surface area contributed by atoms with Crippen molar-refractivity contribution in [2.75, 3.05) is 12.8 Å². The van der Waals surface area contributed by atoms with Crippen molar-refractivity contribution < 1.29 is 4.39 Å². The van der Waals surface area contributed by atoms with E-state index in [-0.39, 0.29) is 17.9 Å². The van der Waals surface area contributed by atoms with Crippen LogP contribution in [-0.4, -0.2) is 22.6 Å². The number of thioether (sulfide) groups is 1. The van der Waals surface area contributed by atoms with E-state index in [1.807, 2.05) is 11.7 Å². The molecule has 2 aromatic rings. The Kier molecular flexibility index (Phi) is 5.67. The molecule has 1 aromatic carbocycles. The fraction of sp³-hybridized carbons (Fsp3) is 0.400. The van der Waals surface area contributed by atoms with E-state index in [0.717, 1.165) is 16.3 Å². The van der Waals surface area contributed by atoms with Crippen molar-refractivity contribution in [3.8, 4) is 0 Å². The van der Waals surface area contributed by atoms with E-state index in [4.69, 9.17) is 11.6 Å². The first kappa shape index (κ1) is 16.3. The number of benzene rings is 1. The zero-order valence-corrected chi connectivity index (χ0v) is 13.9. The van der Waals surface area contributed by atoms with Gasteiger partial charge in [-0.1, -0.05) is 11.6 Å². The summed E-state index contributed by atoms with van der Waals surface area (Å²) >= 11 is 7.94. The number of nitrogens with zero attached hydrogens (tertiary/aromatic N) is 2. The predicted octanol–water partition coefficient (Wildman–Crippen LogP) is 4.31. The van der Waals surface area contributed by atoms with Crippen LogP contribution in [0.2, 0.25) is 5.02 Å². The number of rotatable bonds is 6. The molecule has 6 heteroatoms. The minimum absolute atomic E-state index is 0.0810. The zero-order valence-electron chi connectivity index (χ0n) is 12.3. The fourth-order valence-corrected chi connectivity index (χ4v) is 3.37. The van der Waals surface area contributed by atoms with Crippen LogP contribution in [0.5, 0.6) is 0 Å². The standard InChI is InChI=1S/C15H19ClFN3S/c1-10(2)20-15(13(16)8-19-20)14(18-3)9-21-12-6-4-11(17)5-7-12/h4-8,10,14,18H,9H2,1-3H3. The molecule has 114 valence electrons. The molecule has 0 aliphatic rings. The van der Waals surface area contributed by atoms with Gasteiger partial charge in [0.05, 0.1) is 23.0 Å². The largest absolute Gasteiger partial charge is 0.311 e. The van der Waals surface area contributed by atoms with Crippen molar-refractivity contribution in [1.82, 2.24) is 15.1 Å². The maximum Gasteiger partial charge on any atom is 0.123 e. The average molecular weight is 328 g/mol. The first-order valence-corrected chi connectivity index (χ1v) is 8.17. The van der Waals surface area contributed by atoms with Crippen LogP contribution in [0.1, 0.15) is 31.6 Å². The van der Waals surface area contributed by atoms with E-state index in [1.54, 1.807) is 30.1 Å². The van der Waals surface area contributed by atoms with Gasteiger partial charge in [-0.3, -0.25) is 4.68 Å². The molecule has 0 aliphatic heterocycles. The van der Waals surface area contributed by atoms with Crippen LogP contribution in [0.15, 0.2) is 35.4 Å². The highest BCUT2D eigenvalue weighted by molar-refractivity contribution is 7.99. The highest BCUT2D eigenvalue weighted by atomic mass is 35.5. The van der Waals surface area contributed by atoms with Crippen LogP contribution in [0, 0.1) is 5.82 Å². The lowest BCUT2D eigenvalue weighted by Gasteiger charge is -2.20. The molecule has 1 unspecified atom stereocenters. The Morgan fingerprint density at radius 2 is 2.00 bits per heavy atom. The molecule has 1 aromatic heterocycles. The SMILES string of the molecule is CNC(CSc1ccc(F)cc1)c1c(Cl)cnn1C(C)C. The molecule has 0 radical (unpaired) electrons. The normalized spacial score (nSPS) is 12.9. The summed E-state index contributed by atoms with van der Waals surface area (Å²) in [4.78, 5) is 1.03. The second-order valence-corrected chi connectivity index (χ2v) is 6.52. The van der Waals surface area contributed by atoms with Crippen molar-refractivity contribution in [3.05, 3.63) is 47.0 Å². The number of nitrogens with one attached hydrogen (secondary N) is 1. The van der Waals surface area contributed by atoms with E-state index < -0.39 is 0 Å². The molecule has 0 fully saturated rings. The summed E-state index contributed by atoms with van der Waals surface area (Å²) in [6.07, 6.45) is 1.68. The maximum atomic E-state index is 12.9. The molecule has 3 nitrogen and oxygen atoms in total. The maximum absolute atomic E-state index is 12.9. The molecule has 1 N–H and O–H groups in total. The summed E-state index contributed by atoms with van der Waals surface area (Å²) in [5.74, 6) is 0.575. The Hall–Kier alpha value is -1.04. The second kappa shape index (κ2) is 7.29. The van der Waals surface area contributed by atoms with Crippen molar-refractivity contribution in [1.29, 1.82) is 0 Å². The topological polar surface area (TPSA) is 29.9 Å². The lowest BCUT2D eigenvalue weighted by atomic mass is 10.2. The van der Waals surface area contributed by atoms with Gasteiger partial charge in [0, 0.05) is 16.7 Å². The Morgan fingerprint density at radius 3 is 2.57 bits per heavy atom.